The average molecular weight is 324 g/mol. The van der Waals surface area contributed by atoms with E-state index in [1.54, 1.807) is 11.3 Å². The van der Waals surface area contributed by atoms with Crippen molar-refractivity contribution in [2.45, 2.75) is 39.7 Å². The van der Waals surface area contributed by atoms with E-state index in [0.717, 1.165) is 36.4 Å². The number of aromatic nitrogens is 1. The van der Waals surface area contributed by atoms with Gasteiger partial charge in [-0.05, 0) is 51.7 Å². The summed E-state index contributed by atoms with van der Waals surface area (Å²) >= 11 is 1.72. The van der Waals surface area contributed by atoms with Gasteiger partial charge >= 0.3 is 0 Å². The van der Waals surface area contributed by atoms with Crippen molar-refractivity contribution < 1.29 is 0 Å². The van der Waals surface area contributed by atoms with E-state index in [1.165, 1.54) is 37.4 Å². The van der Waals surface area contributed by atoms with Gasteiger partial charge in [-0.15, -0.1) is 11.3 Å². The molecule has 1 fully saturated rings. The first-order valence-electron chi connectivity index (χ1n) is 8.25. The first-order chi connectivity index (χ1) is 10.7. The fraction of sp³-hybridized carbons (Fsp3) is 0.750. The Labute approximate surface area is 138 Å². The van der Waals surface area contributed by atoms with Crippen LogP contribution in [-0.2, 0) is 6.54 Å². The molecule has 1 aromatic rings. The van der Waals surface area contributed by atoms with Gasteiger partial charge in [0.05, 0.1) is 6.54 Å². The minimum absolute atomic E-state index is 0.738. The summed E-state index contributed by atoms with van der Waals surface area (Å²) < 4.78 is 0. The third-order valence-electron chi connectivity index (χ3n) is 4.12. The van der Waals surface area contributed by atoms with Crippen molar-refractivity contribution in [3.8, 4) is 0 Å². The predicted octanol–water partition coefficient (Wildman–Crippen LogP) is 2.24. The van der Waals surface area contributed by atoms with Gasteiger partial charge in [0.15, 0.2) is 5.96 Å². The third kappa shape index (κ3) is 5.93. The Morgan fingerprint density at radius 1 is 1.41 bits per heavy atom. The van der Waals surface area contributed by atoms with Gasteiger partial charge in [0, 0.05) is 24.7 Å². The van der Waals surface area contributed by atoms with E-state index >= 15 is 0 Å². The van der Waals surface area contributed by atoms with Crippen LogP contribution in [0.2, 0.25) is 0 Å². The summed E-state index contributed by atoms with van der Waals surface area (Å²) in [7, 11) is 1.81. The van der Waals surface area contributed by atoms with Crippen LogP contribution in [0.5, 0.6) is 0 Å². The molecule has 0 amide bonds. The molecule has 1 aliphatic rings. The SMILES string of the molecule is CN=C(NCCCN1CCC(C)CC1)NCc1ncc(C)s1. The number of aliphatic imine (C=N–C) groups is 1. The van der Waals surface area contributed by atoms with Crippen LogP contribution in [0, 0.1) is 12.8 Å². The van der Waals surface area contributed by atoms with Gasteiger partial charge in [-0.1, -0.05) is 6.92 Å². The Hall–Kier alpha value is -1.14. The smallest absolute Gasteiger partial charge is 0.191 e. The molecule has 1 aliphatic heterocycles. The number of thiazole rings is 1. The lowest BCUT2D eigenvalue weighted by Gasteiger charge is -2.30. The molecule has 2 heterocycles. The highest BCUT2D eigenvalue weighted by atomic mass is 32.1. The molecular weight excluding hydrogens is 294 g/mol. The number of aryl methyl sites for hydroxylation is 1. The maximum atomic E-state index is 4.35. The third-order valence-corrected chi connectivity index (χ3v) is 5.03. The van der Waals surface area contributed by atoms with E-state index in [1.807, 2.05) is 13.2 Å². The second-order valence-corrected chi connectivity index (χ2v) is 7.41. The van der Waals surface area contributed by atoms with Crippen molar-refractivity contribution in [2.75, 3.05) is 33.2 Å². The second kappa shape index (κ2) is 9.10. The summed E-state index contributed by atoms with van der Waals surface area (Å²) in [5.41, 5.74) is 0. The van der Waals surface area contributed by atoms with E-state index < -0.39 is 0 Å². The minimum Gasteiger partial charge on any atom is -0.356 e. The number of guanidine groups is 1. The van der Waals surface area contributed by atoms with Gasteiger partial charge in [-0.2, -0.15) is 0 Å². The van der Waals surface area contributed by atoms with E-state index in [2.05, 4.69) is 39.4 Å². The van der Waals surface area contributed by atoms with Crippen LogP contribution in [0.1, 0.15) is 36.1 Å². The molecule has 0 spiro atoms. The Morgan fingerprint density at radius 3 is 2.82 bits per heavy atom. The van der Waals surface area contributed by atoms with Crippen LogP contribution >= 0.6 is 11.3 Å². The zero-order valence-corrected chi connectivity index (χ0v) is 14.9. The van der Waals surface area contributed by atoms with Crippen molar-refractivity contribution in [2.24, 2.45) is 10.9 Å². The number of rotatable bonds is 6. The van der Waals surface area contributed by atoms with Crippen molar-refractivity contribution in [3.05, 3.63) is 16.1 Å². The van der Waals surface area contributed by atoms with E-state index in [0.29, 0.717) is 0 Å². The first kappa shape index (κ1) is 17.2. The van der Waals surface area contributed by atoms with Crippen LogP contribution in [0.25, 0.3) is 0 Å². The van der Waals surface area contributed by atoms with Crippen molar-refractivity contribution in [3.63, 3.8) is 0 Å². The Kier molecular flexibility index (Phi) is 7.12. The highest BCUT2D eigenvalue weighted by Gasteiger charge is 2.14. The van der Waals surface area contributed by atoms with Crippen LogP contribution in [0.15, 0.2) is 11.2 Å². The largest absolute Gasteiger partial charge is 0.356 e. The molecule has 5 nitrogen and oxygen atoms in total. The molecule has 2 N–H and O–H groups in total. The summed E-state index contributed by atoms with van der Waals surface area (Å²) in [6.07, 6.45) is 5.77. The van der Waals surface area contributed by atoms with Gasteiger partial charge in [-0.25, -0.2) is 4.98 Å². The van der Waals surface area contributed by atoms with Crippen LogP contribution < -0.4 is 10.6 Å². The number of hydrogen-bond donors (Lipinski definition) is 2. The van der Waals surface area contributed by atoms with Crippen LogP contribution in [0.4, 0.5) is 0 Å². The summed E-state index contributed by atoms with van der Waals surface area (Å²) in [5, 5.41) is 7.80. The first-order valence-corrected chi connectivity index (χ1v) is 9.07. The molecule has 124 valence electrons. The maximum Gasteiger partial charge on any atom is 0.191 e. The normalized spacial score (nSPS) is 17.7. The summed E-state index contributed by atoms with van der Waals surface area (Å²) in [5.74, 6) is 1.77. The molecule has 0 bridgehead atoms. The summed E-state index contributed by atoms with van der Waals surface area (Å²) in [4.78, 5) is 12.4. The lowest BCUT2D eigenvalue weighted by molar-refractivity contribution is 0.191. The highest BCUT2D eigenvalue weighted by Crippen LogP contribution is 2.15. The molecular formula is C16H29N5S. The highest BCUT2D eigenvalue weighted by molar-refractivity contribution is 7.11. The van der Waals surface area contributed by atoms with Gasteiger partial charge in [0.1, 0.15) is 5.01 Å². The Bertz CT molecular complexity index is 463. The summed E-state index contributed by atoms with van der Waals surface area (Å²) in [6.45, 7) is 9.84. The topological polar surface area (TPSA) is 52.6 Å². The van der Waals surface area contributed by atoms with Crippen molar-refractivity contribution in [1.29, 1.82) is 0 Å². The Balaban J connectivity index is 1.58. The second-order valence-electron chi connectivity index (χ2n) is 6.09. The number of nitrogens with zero attached hydrogens (tertiary/aromatic N) is 3. The predicted molar refractivity (Wildman–Crippen MR) is 94.5 cm³/mol. The van der Waals surface area contributed by atoms with Gasteiger partial charge in [0.2, 0.25) is 0 Å². The number of likely N-dealkylation sites (tertiary alicyclic amines) is 1. The quantitative estimate of drug-likeness (QED) is 0.479. The zero-order valence-electron chi connectivity index (χ0n) is 14.1. The van der Waals surface area contributed by atoms with Gasteiger partial charge in [0.25, 0.3) is 0 Å². The zero-order chi connectivity index (χ0) is 15.8. The standard InChI is InChI=1S/C16H29N5S/c1-13-5-9-21(10-6-13)8-4-7-18-16(17-3)20-12-15-19-11-14(2)22-15/h11,13H,4-10,12H2,1-3H3,(H2,17,18,20). The lowest BCUT2D eigenvalue weighted by atomic mass is 9.99. The van der Waals surface area contributed by atoms with Crippen LogP contribution in [0.3, 0.4) is 0 Å². The van der Waals surface area contributed by atoms with E-state index in [9.17, 15) is 0 Å². The van der Waals surface area contributed by atoms with Gasteiger partial charge < -0.3 is 15.5 Å². The molecule has 0 saturated carbocycles. The molecule has 0 atom stereocenters. The summed E-state index contributed by atoms with van der Waals surface area (Å²) in [6, 6.07) is 0. The Morgan fingerprint density at radius 2 is 2.18 bits per heavy atom. The molecule has 0 aliphatic carbocycles. The number of nitrogens with one attached hydrogen (secondary N) is 2. The molecule has 0 aromatic carbocycles. The fourth-order valence-corrected chi connectivity index (χ4v) is 3.39. The molecule has 1 saturated heterocycles. The maximum absolute atomic E-state index is 4.35. The molecule has 6 heteroatoms. The van der Waals surface area contributed by atoms with E-state index in [4.69, 9.17) is 0 Å². The molecule has 1 aromatic heterocycles. The molecule has 2 rings (SSSR count). The molecule has 0 unspecified atom stereocenters. The average Bonchev–Trinajstić information content (AvgIpc) is 2.94. The minimum atomic E-state index is 0.738. The van der Waals surface area contributed by atoms with Crippen molar-refractivity contribution >= 4 is 17.3 Å². The fourth-order valence-electron chi connectivity index (χ4n) is 2.66. The number of piperidine rings is 1. The van der Waals surface area contributed by atoms with Crippen LogP contribution in [-0.4, -0.2) is 49.1 Å². The lowest BCUT2D eigenvalue weighted by Crippen LogP contribution is -2.39. The molecule has 22 heavy (non-hydrogen) atoms. The van der Waals surface area contributed by atoms with Crippen molar-refractivity contribution in [1.82, 2.24) is 20.5 Å². The number of hydrogen-bond acceptors (Lipinski definition) is 4. The monoisotopic (exact) mass is 323 g/mol. The van der Waals surface area contributed by atoms with Gasteiger partial charge in [-0.3, -0.25) is 4.99 Å². The van der Waals surface area contributed by atoms with E-state index in [-0.39, 0.29) is 0 Å². The molecule has 0 radical (unpaired) electrons.